The number of esters is 1. The fraction of sp³-hybridized carbons (Fsp3) is 0.917. The van der Waals surface area contributed by atoms with Gasteiger partial charge in [-0.05, 0) is 13.8 Å². The molecule has 20 heavy (non-hydrogen) atoms. The Bertz CT molecular complexity index is 416. The quantitative estimate of drug-likeness (QED) is 0.656. The van der Waals surface area contributed by atoms with E-state index in [2.05, 4.69) is 4.74 Å². The second-order valence-electron chi connectivity index (χ2n) is 4.90. The summed E-state index contributed by atoms with van der Waals surface area (Å²) in [7, 11) is -2.27. The smallest absolute Gasteiger partial charge is 0.306 e. The van der Waals surface area contributed by atoms with Gasteiger partial charge in [0, 0.05) is 26.2 Å². The van der Waals surface area contributed by atoms with Crippen molar-refractivity contribution in [1.82, 2.24) is 8.61 Å². The minimum absolute atomic E-state index is 0.0546. The Morgan fingerprint density at radius 2 is 1.90 bits per heavy atom. The highest BCUT2D eigenvalue weighted by Crippen LogP contribution is 2.17. The average molecular weight is 308 g/mol. The summed E-state index contributed by atoms with van der Waals surface area (Å²) >= 11 is 0. The molecule has 0 bridgehead atoms. The Morgan fingerprint density at radius 1 is 1.35 bits per heavy atom. The van der Waals surface area contributed by atoms with Crippen LogP contribution in [0.5, 0.6) is 0 Å². The number of carbonyl (C=O) groups is 1. The molecular formula is C12H24N2O5S. The van der Waals surface area contributed by atoms with Crippen LogP contribution >= 0.6 is 0 Å². The fourth-order valence-corrected chi connectivity index (χ4v) is 4.01. The molecule has 8 heteroatoms. The van der Waals surface area contributed by atoms with Gasteiger partial charge in [-0.1, -0.05) is 6.92 Å². The monoisotopic (exact) mass is 308 g/mol. The predicted octanol–water partition coefficient (Wildman–Crippen LogP) is 0.225. The number of hydrogen-bond acceptors (Lipinski definition) is 5. The number of carbonyl (C=O) groups excluding carboxylic acids is 1. The summed E-state index contributed by atoms with van der Waals surface area (Å²) in [6.07, 6.45) is -0.209. The van der Waals surface area contributed by atoms with Gasteiger partial charge in [0.1, 0.15) is 0 Å². The van der Waals surface area contributed by atoms with Gasteiger partial charge in [0.15, 0.2) is 0 Å². The summed E-state index contributed by atoms with van der Waals surface area (Å²) in [5, 5.41) is 0. The normalized spacial score (nSPS) is 24.9. The molecule has 1 fully saturated rings. The number of rotatable bonds is 6. The second-order valence-corrected chi connectivity index (χ2v) is 6.83. The molecule has 0 aromatic carbocycles. The van der Waals surface area contributed by atoms with Crippen molar-refractivity contribution in [3.8, 4) is 0 Å². The molecule has 2 atom stereocenters. The van der Waals surface area contributed by atoms with Gasteiger partial charge >= 0.3 is 5.97 Å². The lowest BCUT2D eigenvalue weighted by Crippen LogP contribution is -2.53. The van der Waals surface area contributed by atoms with E-state index < -0.39 is 16.2 Å². The Balaban J connectivity index is 2.75. The van der Waals surface area contributed by atoms with Crippen molar-refractivity contribution in [2.45, 2.75) is 39.4 Å². The maximum absolute atomic E-state index is 12.6. The van der Waals surface area contributed by atoms with E-state index in [1.807, 2.05) is 13.8 Å². The first-order chi connectivity index (χ1) is 9.31. The molecule has 7 nitrogen and oxygen atoms in total. The topological polar surface area (TPSA) is 76.2 Å². The van der Waals surface area contributed by atoms with Gasteiger partial charge in [-0.3, -0.25) is 4.79 Å². The Labute approximate surface area is 121 Å². The Morgan fingerprint density at radius 3 is 2.35 bits per heavy atom. The molecule has 0 aromatic heterocycles. The van der Waals surface area contributed by atoms with E-state index in [9.17, 15) is 13.2 Å². The van der Waals surface area contributed by atoms with Crippen LogP contribution in [-0.4, -0.2) is 68.5 Å². The Kier molecular flexibility index (Phi) is 6.38. The fourth-order valence-electron chi connectivity index (χ4n) is 2.24. The third-order valence-corrected chi connectivity index (χ3v) is 5.23. The first kappa shape index (κ1) is 17.4. The number of hydrogen-bond donors (Lipinski definition) is 0. The van der Waals surface area contributed by atoms with Crippen LogP contribution in [0.25, 0.3) is 0 Å². The van der Waals surface area contributed by atoms with Gasteiger partial charge in [0.2, 0.25) is 0 Å². The molecule has 118 valence electrons. The molecule has 0 aromatic rings. The number of morpholine rings is 1. The van der Waals surface area contributed by atoms with E-state index in [0.29, 0.717) is 19.6 Å². The average Bonchev–Trinajstić information content (AvgIpc) is 2.37. The van der Waals surface area contributed by atoms with E-state index in [-0.39, 0.29) is 25.2 Å². The van der Waals surface area contributed by atoms with Crippen LogP contribution in [0.2, 0.25) is 0 Å². The summed E-state index contributed by atoms with van der Waals surface area (Å²) in [4.78, 5) is 11.2. The molecule has 1 aliphatic rings. The van der Waals surface area contributed by atoms with E-state index in [1.54, 1.807) is 6.92 Å². The SMILES string of the molecule is CCN(CCC(=O)OC)S(=O)(=O)N1CC(C)OC(C)C1. The first-order valence-electron chi connectivity index (χ1n) is 6.78. The molecule has 0 spiro atoms. The van der Waals surface area contributed by atoms with Crippen molar-refractivity contribution in [3.05, 3.63) is 0 Å². The Hall–Kier alpha value is -0.700. The lowest BCUT2D eigenvalue weighted by atomic mass is 10.3. The minimum Gasteiger partial charge on any atom is -0.469 e. The largest absolute Gasteiger partial charge is 0.469 e. The van der Waals surface area contributed by atoms with Crippen molar-refractivity contribution in [3.63, 3.8) is 0 Å². The summed E-state index contributed by atoms with van der Waals surface area (Å²) in [6.45, 7) is 6.57. The van der Waals surface area contributed by atoms with Crippen molar-refractivity contribution in [1.29, 1.82) is 0 Å². The third-order valence-electron chi connectivity index (χ3n) is 3.18. The van der Waals surface area contributed by atoms with Crippen molar-refractivity contribution >= 4 is 16.2 Å². The highest BCUT2D eigenvalue weighted by atomic mass is 32.2. The molecule has 0 amide bonds. The van der Waals surface area contributed by atoms with Gasteiger partial charge < -0.3 is 9.47 Å². The summed E-state index contributed by atoms with van der Waals surface area (Å²) in [6, 6.07) is 0. The van der Waals surface area contributed by atoms with Gasteiger partial charge in [-0.25, -0.2) is 0 Å². The molecule has 1 saturated heterocycles. The molecule has 1 aliphatic heterocycles. The maximum Gasteiger partial charge on any atom is 0.306 e. The molecule has 1 heterocycles. The van der Waals surface area contributed by atoms with E-state index >= 15 is 0 Å². The summed E-state index contributed by atoms with van der Waals surface area (Å²) in [5.74, 6) is -0.414. The molecule has 2 unspecified atom stereocenters. The van der Waals surface area contributed by atoms with Crippen LogP contribution in [-0.2, 0) is 24.5 Å². The van der Waals surface area contributed by atoms with Crippen LogP contribution in [0.3, 0.4) is 0 Å². The zero-order valence-electron chi connectivity index (χ0n) is 12.5. The highest BCUT2D eigenvalue weighted by Gasteiger charge is 2.34. The molecule has 1 rings (SSSR count). The summed E-state index contributed by atoms with van der Waals surface area (Å²) < 4.78 is 37.9. The first-order valence-corrected chi connectivity index (χ1v) is 8.18. The number of ether oxygens (including phenoxy) is 2. The molecule has 0 N–H and O–H groups in total. The highest BCUT2D eigenvalue weighted by molar-refractivity contribution is 7.86. The van der Waals surface area contributed by atoms with Crippen molar-refractivity contribution in [2.24, 2.45) is 0 Å². The maximum atomic E-state index is 12.6. The predicted molar refractivity (Wildman–Crippen MR) is 74.4 cm³/mol. The van der Waals surface area contributed by atoms with Gasteiger partial charge in [0.25, 0.3) is 10.2 Å². The minimum atomic E-state index is -3.57. The lowest BCUT2D eigenvalue weighted by Gasteiger charge is -2.37. The third kappa shape index (κ3) is 4.41. The standard InChI is InChI=1S/C12H24N2O5S/c1-5-13(7-6-12(15)18-4)20(16,17)14-8-10(2)19-11(3)9-14/h10-11H,5-9H2,1-4H3. The van der Waals surface area contributed by atoms with E-state index in [1.165, 1.54) is 15.7 Å². The zero-order chi connectivity index (χ0) is 15.3. The van der Waals surface area contributed by atoms with Gasteiger partial charge in [-0.2, -0.15) is 17.0 Å². The van der Waals surface area contributed by atoms with Crippen LogP contribution in [0, 0.1) is 0 Å². The zero-order valence-corrected chi connectivity index (χ0v) is 13.4. The van der Waals surface area contributed by atoms with E-state index in [4.69, 9.17) is 4.74 Å². The molecule has 0 aliphatic carbocycles. The van der Waals surface area contributed by atoms with Gasteiger partial charge in [-0.15, -0.1) is 0 Å². The van der Waals surface area contributed by atoms with Crippen molar-refractivity contribution in [2.75, 3.05) is 33.3 Å². The van der Waals surface area contributed by atoms with Crippen LogP contribution in [0.1, 0.15) is 27.2 Å². The van der Waals surface area contributed by atoms with Crippen LogP contribution in [0.4, 0.5) is 0 Å². The number of nitrogens with zero attached hydrogens (tertiary/aromatic N) is 2. The van der Waals surface area contributed by atoms with Crippen molar-refractivity contribution < 1.29 is 22.7 Å². The molecular weight excluding hydrogens is 284 g/mol. The summed E-state index contributed by atoms with van der Waals surface area (Å²) in [5.41, 5.74) is 0. The molecule has 0 saturated carbocycles. The lowest BCUT2D eigenvalue weighted by molar-refractivity contribution is -0.140. The van der Waals surface area contributed by atoms with Gasteiger partial charge in [0.05, 0.1) is 25.7 Å². The number of methoxy groups -OCH3 is 1. The van der Waals surface area contributed by atoms with Crippen LogP contribution < -0.4 is 0 Å². The van der Waals surface area contributed by atoms with Crippen LogP contribution in [0.15, 0.2) is 0 Å². The van der Waals surface area contributed by atoms with E-state index in [0.717, 1.165) is 0 Å². The second kappa shape index (κ2) is 7.35. The molecule has 0 radical (unpaired) electrons.